The summed E-state index contributed by atoms with van der Waals surface area (Å²) < 4.78 is 7.00. The van der Waals surface area contributed by atoms with E-state index in [0.717, 1.165) is 21.7 Å². The first-order valence-electron chi connectivity index (χ1n) is 10.2. The Kier molecular flexibility index (Phi) is 7.39. The highest BCUT2D eigenvalue weighted by atomic mass is 35.5. The Morgan fingerprint density at radius 3 is 2.67 bits per heavy atom. The van der Waals surface area contributed by atoms with Gasteiger partial charge in [-0.05, 0) is 42.4 Å². The summed E-state index contributed by atoms with van der Waals surface area (Å²) in [7, 11) is 0. The van der Waals surface area contributed by atoms with E-state index < -0.39 is 5.97 Å². The van der Waals surface area contributed by atoms with E-state index in [1.165, 1.54) is 11.3 Å². The minimum absolute atomic E-state index is 0.294. The van der Waals surface area contributed by atoms with Crippen LogP contribution < -0.4 is 10.6 Å². The van der Waals surface area contributed by atoms with Crippen molar-refractivity contribution >= 4 is 56.9 Å². The van der Waals surface area contributed by atoms with Crippen LogP contribution in [0.1, 0.15) is 22.8 Å². The van der Waals surface area contributed by atoms with Crippen molar-refractivity contribution in [1.29, 1.82) is 0 Å². The van der Waals surface area contributed by atoms with Gasteiger partial charge in [0, 0.05) is 16.1 Å². The molecule has 9 heteroatoms. The van der Waals surface area contributed by atoms with E-state index in [9.17, 15) is 4.79 Å². The van der Waals surface area contributed by atoms with Crippen LogP contribution in [-0.4, -0.2) is 27.5 Å². The molecule has 0 aliphatic heterocycles. The van der Waals surface area contributed by atoms with Gasteiger partial charge in [0.15, 0.2) is 5.11 Å². The Morgan fingerprint density at radius 1 is 1.15 bits per heavy atom. The zero-order valence-electron chi connectivity index (χ0n) is 17.7. The number of nitrogens with one attached hydrogen (secondary N) is 2. The highest BCUT2D eigenvalue weighted by molar-refractivity contribution is 7.80. The van der Waals surface area contributed by atoms with E-state index in [-0.39, 0.29) is 0 Å². The van der Waals surface area contributed by atoms with Crippen LogP contribution in [-0.2, 0) is 11.3 Å². The summed E-state index contributed by atoms with van der Waals surface area (Å²) in [4.78, 5) is 13.5. The summed E-state index contributed by atoms with van der Waals surface area (Å²) in [6.07, 6.45) is 3.52. The van der Waals surface area contributed by atoms with Gasteiger partial charge in [-0.25, -0.2) is 4.79 Å². The first-order valence-corrected chi connectivity index (χ1v) is 11.8. The van der Waals surface area contributed by atoms with Crippen molar-refractivity contribution in [3.05, 3.63) is 89.2 Å². The molecule has 0 spiro atoms. The summed E-state index contributed by atoms with van der Waals surface area (Å²) in [5, 5.41) is 12.3. The number of rotatable bonds is 7. The minimum Gasteiger partial charge on any atom is -0.462 e. The van der Waals surface area contributed by atoms with Gasteiger partial charge in [-0.2, -0.15) is 5.10 Å². The molecule has 0 atom stereocenters. The number of esters is 1. The minimum atomic E-state index is -0.395. The number of ether oxygens (including phenoxy) is 1. The average molecular weight is 497 g/mol. The van der Waals surface area contributed by atoms with Crippen LogP contribution in [0, 0.1) is 0 Å². The monoisotopic (exact) mass is 496 g/mol. The lowest BCUT2D eigenvalue weighted by molar-refractivity contribution is 0.0528. The zero-order chi connectivity index (χ0) is 23.2. The van der Waals surface area contributed by atoms with Gasteiger partial charge in [0.05, 0.1) is 30.6 Å². The standard InChI is InChI=1S/C24H21ClN4O2S2/c1-2-31-23(30)19-12-21(16-8-4-3-5-9-16)33-22(19)28-24(32)27-18-13-26-29(15-18)14-17-10-6-7-11-20(17)25/h3-13,15H,2,14H2,1H3,(H2,27,28,32). The summed E-state index contributed by atoms with van der Waals surface area (Å²) >= 11 is 13.2. The maximum atomic E-state index is 12.5. The lowest BCUT2D eigenvalue weighted by Gasteiger charge is -2.09. The van der Waals surface area contributed by atoms with Crippen LogP contribution >= 0.6 is 35.2 Å². The Balaban J connectivity index is 1.48. The number of aromatic nitrogens is 2. The molecule has 4 rings (SSSR count). The van der Waals surface area contributed by atoms with Gasteiger partial charge < -0.3 is 15.4 Å². The van der Waals surface area contributed by atoms with E-state index in [1.54, 1.807) is 17.8 Å². The summed E-state index contributed by atoms with van der Waals surface area (Å²) in [5.74, 6) is -0.395. The van der Waals surface area contributed by atoms with Crippen molar-refractivity contribution in [2.75, 3.05) is 17.2 Å². The molecule has 2 aromatic carbocycles. The lowest BCUT2D eigenvalue weighted by atomic mass is 10.1. The number of nitrogens with zero attached hydrogens (tertiary/aromatic N) is 2. The summed E-state index contributed by atoms with van der Waals surface area (Å²) in [5.41, 5.74) is 3.15. The van der Waals surface area contributed by atoms with Gasteiger partial charge in [0.2, 0.25) is 0 Å². The Hall–Kier alpha value is -3.20. The number of hydrogen-bond donors (Lipinski definition) is 2. The van der Waals surface area contributed by atoms with Gasteiger partial charge in [0.1, 0.15) is 5.00 Å². The second-order valence-electron chi connectivity index (χ2n) is 7.04. The second-order valence-corrected chi connectivity index (χ2v) is 8.90. The molecule has 0 unspecified atom stereocenters. The fourth-order valence-electron chi connectivity index (χ4n) is 3.17. The molecular formula is C24H21ClN4O2S2. The summed E-state index contributed by atoms with van der Waals surface area (Å²) in [6, 6.07) is 19.3. The van der Waals surface area contributed by atoms with E-state index in [1.807, 2.05) is 66.9 Å². The Labute approximate surface area is 206 Å². The molecule has 4 aromatic rings. The van der Waals surface area contributed by atoms with Crippen LogP contribution in [0.25, 0.3) is 10.4 Å². The van der Waals surface area contributed by atoms with Gasteiger partial charge in [-0.1, -0.05) is 60.1 Å². The predicted molar refractivity (Wildman–Crippen MR) is 138 cm³/mol. The fraction of sp³-hybridized carbons (Fsp3) is 0.125. The van der Waals surface area contributed by atoms with E-state index in [4.69, 9.17) is 28.6 Å². The third-order valence-electron chi connectivity index (χ3n) is 4.69. The van der Waals surface area contributed by atoms with Crippen molar-refractivity contribution in [2.24, 2.45) is 0 Å². The third-order valence-corrected chi connectivity index (χ3v) is 6.37. The highest BCUT2D eigenvalue weighted by Crippen LogP contribution is 2.36. The molecule has 33 heavy (non-hydrogen) atoms. The smallest absolute Gasteiger partial charge is 0.341 e. The molecule has 0 aliphatic rings. The number of thiocarbonyl (C=S) groups is 1. The van der Waals surface area contributed by atoms with E-state index in [2.05, 4.69) is 15.7 Å². The van der Waals surface area contributed by atoms with Crippen LogP contribution in [0.4, 0.5) is 10.7 Å². The molecule has 2 aromatic heterocycles. The topological polar surface area (TPSA) is 68.2 Å². The zero-order valence-corrected chi connectivity index (χ0v) is 20.1. The number of benzene rings is 2. The van der Waals surface area contributed by atoms with E-state index in [0.29, 0.717) is 33.9 Å². The SMILES string of the molecule is CCOC(=O)c1cc(-c2ccccc2)sc1NC(=S)Nc1cnn(Cc2ccccc2Cl)c1. The van der Waals surface area contributed by atoms with Gasteiger partial charge >= 0.3 is 5.97 Å². The molecule has 6 nitrogen and oxygen atoms in total. The lowest BCUT2D eigenvalue weighted by Crippen LogP contribution is -2.19. The first-order chi connectivity index (χ1) is 16.0. The largest absolute Gasteiger partial charge is 0.462 e. The van der Waals surface area contributed by atoms with Crippen molar-refractivity contribution in [2.45, 2.75) is 13.5 Å². The Morgan fingerprint density at radius 2 is 1.91 bits per heavy atom. The molecule has 0 radical (unpaired) electrons. The number of carbonyl (C=O) groups excluding carboxylic acids is 1. The van der Waals surface area contributed by atoms with Crippen LogP contribution in [0.15, 0.2) is 73.1 Å². The molecule has 2 N–H and O–H groups in total. The fourth-order valence-corrected chi connectivity index (χ4v) is 4.71. The van der Waals surface area contributed by atoms with Crippen molar-refractivity contribution in [1.82, 2.24) is 9.78 Å². The quantitative estimate of drug-likeness (QED) is 0.231. The number of anilines is 2. The molecule has 0 amide bonds. The number of carbonyl (C=O) groups is 1. The van der Waals surface area contributed by atoms with Gasteiger partial charge in [0.25, 0.3) is 0 Å². The average Bonchev–Trinajstić information content (AvgIpc) is 3.43. The maximum Gasteiger partial charge on any atom is 0.341 e. The predicted octanol–water partition coefficient (Wildman–Crippen LogP) is 6.30. The molecule has 168 valence electrons. The molecule has 0 saturated heterocycles. The van der Waals surface area contributed by atoms with Crippen LogP contribution in [0.3, 0.4) is 0 Å². The van der Waals surface area contributed by atoms with Crippen molar-refractivity contribution < 1.29 is 9.53 Å². The van der Waals surface area contributed by atoms with Crippen molar-refractivity contribution in [3.63, 3.8) is 0 Å². The molecule has 2 heterocycles. The number of hydrogen-bond acceptors (Lipinski definition) is 5. The third kappa shape index (κ3) is 5.78. The number of thiophene rings is 1. The molecule has 0 fully saturated rings. The highest BCUT2D eigenvalue weighted by Gasteiger charge is 2.19. The normalized spacial score (nSPS) is 10.6. The molecular weight excluding hydrogens is 476 g/mol. The maximum absolute atomic E-state index is 12.5. The molecule has 0 aliphatic carbocycles. The molecule has 0 saturated carbocycles. The number of halogens is 1. The van der Waals surface area contributed by atoms with Crippen LogP contribution in [0.5, 0.6) is 0 Å². The van der Waals surface area contributed by atoms with Crippen LogP contribution in [0.2, 0.25) is 5.02 Å². The Bertz CT molecular complexity index is 1270. The van der Waals surface area contributed by atoms with Gasteiger partial charge in [-0.3, -0.25) is 4.68 Å². The van der Waals surface area contributed by atoms with Crippen molar-refractivity contribution in [3.8, 4) is 10.4 Å². The molecule has 0 bridgehead atoms. The summed E-state index contributed by atoms with van der Waals surface area (Å²) in [6.45, 7) is 2.62. The van der Waals surface area contributed by atoms with E-state index >= 15 is 0 Å². The second kappa shape index (κ2) is 10.6. The first kappa shape index (κ1) is 23.0. The van der Waals surface area contributed by atoms with Gasteiger partial charge in [-0.15, -0.1) is 11.3 Å².